The SMILES string of the molecule is CC(C)(O)[C@H](O)Cc1cccc2[nH]c3c(c12)C[C@@H]1CC[C@@]2(O)[C@@]45O[C@@H]4[C@H](O)[C@@H](C(C)(C)O)O[C@H]5CC[C@]2(C)[C@@]31C. The van der Waals surface area contributed by atoms with Gasteiger partial charge in [0.15, 0.2) is 5.60 Å². The van der Waals surface area contributed by atoms with E-state index >= 15 is 0 Å². The van der Waals surface area contributed by atoms with Crippen LogP contribution in [0.4, 0.5) is 0 Å². The highest BCUT2D eigenvalue weighted by Crippen LogP contribution is 2.75. The zero-order valence-electron chi connectivity index (χ0n) is 24.5. The Labute approximate surface area is 235 Å². The molecule has 8 heteroatoms. The molecule has 5 aliphatic rings. The highest BCUT2D eigenvalue weighted by molar-refractivity contribution is 5.89. The summed E-state index contributed by atoms with van der Waals surface area (Å²) < 4.78 is 12.8. The molecule has 4 fully saturated rings. The number of nitrogens with one attached hydrogen (secondary N) is 1. The van der Waals surface area contributed by atoms with Gasteiger partial charge in [-0.05, 0) is 82.9 Å². The fraction of sp³-hybridized carbons (Fsp3) is 0.750. The molecule has 3 aliphatic carbocycles. The average molecular weight is 556 g/mol. The number of aromatic amines is 1. The van der Waals surface area contributed by atoms with Crippen molar-refractivity contribution in [3.05, 3.63) is 35.0 Å². The largest absolute Gasteiger partial charge is 0.390 e. The number of ether oxygens (including phenoxy) is 2. The third-order valence-electron chi connectivity index (χ3n) is 12.3. The molecule has 1 aromatic heterocycles. The van der Waals surface area contributed by atoms with Gasteiger partial charge in [-0.2, -0.15) is 0 Å². The minimum Gasteiger partial charge on any atom is -0.390 e. The van der Waals surface area contributed by atoms with Crippen LogP contribution in [0.1, 0.15) is 84.0 Å². The molecule has 2 saturated carbocycles. The van der Waals surface area contributed by atoms with E-state index in [1.807, 2.05) is 12.1 Å². The van der Waals surface area contributed by atoms with Crippen molar-refractivity contribution in [1.29, 1.82) is 0 Å². The predicted octanol–water partition coefficient (Wildman–Crippen LogP) is 2.63. The molecular formula is C32H45NO7. The first-order valence-corrected chi connectivity index (χ1v) is 15.0. The Morgan fingerprint density at radius 1 is 1.10 bits per heavy atom. The first kappa shape index (κ1) is 27.3. The van der Waals surface area contributed by atoms with Crippen LogP contribution in [0, 0.1) is 11.3 Å². The second-order valence-electron chi connectivity index (χ2n) is 15.1. The van der Waals surface area contributed by atoms with E-state index in [1.54, 1.807) is 27.7 Å². The van der Waals surface area contributed by atoms with Crippen LogP contribution in [0.2, 0.25) is 0 Å². The van der Waals surface area contributed by atoms with Crippen molar-refractivity contribution in [2.75, 3.05) is 0 Å². The van der Waals surface area contributed by atoms with E-state index in [1.165, 1.54) is 5.56 Å². The number of aliphatic hydroxyl groups is 5. The normalized spacial score (nSPS) is 44.8. The van der Waals surface area contributed by atoms with Crippen molar-refractivity contribution in [3.63, 3.8) is 0 Å². The van der Waals surface area contributed by atoms with E-state index in [0.29, 0.717) is 25.2 Å². The summed E-state index contributed by atoms with van der Waals surface area (Å²) in [5.74, 6) is 0.319. The molecule has 1 spiro atoms. The summed E-state index contributed by atoms with van der Waals surface area (Å²) in [5.41, 5.74) is -1.16. The summed E-state index contributed by atoms with van der Waals surface area (Å²) in [7, 11) is 0. The molecule has 1 aromatic carbocycles. The zero-order valence-corrected chi connectivity index (χ0v) is 24.5. The second-order valence-corrected chi connectivity index (χ2v) is 15.1. The Hall–Kier alpha value is -1.52. The third kappa shape index (κ3) is 3.06. The van der Waals surface area contributed by atoms with Gasteiger partial charge in [-0.1, -0.05) is 26.0 Å². The maximum atomic E-state index is 12.9. The van der Waals surface area contributed by atoms with Gasteiger partial charge in [-0.15, -0.1) is 0 Å². The second kappa shape index (κ2) is 7.90. The van der Waals surface area contributed by atoms with Gasteiger partial charge < -0.3 is 40.0 Å². The van der Waals surface area contributed by atoms with Gasteiger partial charge in [0.05, 0.1) is 23.4 Å². The summed E-state index contributed by atoms with van der Waals surface area (Å²) in [5, 5.41) is 57.1. The van der Waals surface area contributed by atoms with E-state index in [0.717, 1.165) is 41.4 Å². The Bertz CT molecular complexity index is 1370. The van der Waals surface area contributed by atoms with Gasteiger partial charge in [0.2, 0.25) is 0 Å². The number of hydrogen-bond donors (Lipinski definition) is 6. The summed E-state index contributed by atoms with van der Waals surface area (Å²) >= 11 is 0. The third-order valence-corrected chi connectivity index (χ3v) is 12.3. The minimum absolute atomic E-state index is 0.319. The number of rotatable bonds is 4. The maximum Gasteiger partial charge on any atom is 0.152 e. The van der Waals surface area contributed by atoms with E-state index in [9.17, 15) is 25.5 Å². The lowest BCUT2D eigenvalue weighted by atomic mass is 9.40. The van der Waals surface area contributed by atoms with Crippen LogP contribution in [0.5, 0.6) is 0 Å². The van der Waals surface area contributed by atoms with Gasteiger partial charge in [0, 0.05) is 33.8 Å². The number of fused-ring (bicyclic) bond motifs is 7. The topological polar surface area (TPSA) is 139 Å². The van der Waals surface area contributed by atoms with Crippen LogP contribution in [-0.2, 0) is 27.7 Å². The quantitative estimate of drug-likeness (QED) is 0.319. The van der Waals surface area contributed by atoms with Crippen LogP contribution in [-0.4, -0.2) is 83.4 Å². The lowest BCUT2D eigenvalue weighted by molar-refractivity contribution is -0.280. The van der Waals surface area contributed by atoms with Crippen molar-refractivity contribution >= 4 is 10.9 Å². The van der Waals surface area contributed by atoms with E-state index < -0.39 is 58.3 Å². The summed E-state index contributed by atoms with van der Waals surface area (Å²) in [6.45, 7) is 11.1. The Morgan fingerprint density at radius 3 is 2.50 bits per heavy atom. The van der Waals surface area contributed by atoms with Crippen LogP contribution < -0.4 is 0 Å². The molecule has 3 heterocycles. The summed E-state index contributed by atoms with van der Waals surface area (Å²) in [6.07, 6.45) is 0.354. The van der Waals surface area contributed by atoms with Crippen LogP contribution in [0.3, 0.4) is 0 Å². The minimum atomic E-state index is -1.23. The Morgan fingerprint density at radius 2 is 1.82 bits per heavy atom. The number of aliphatic hydroxyl groups excluding tert-OH is 2. The molecule has 0 bridgehead atoms. The highest BCUT2D eigenvalue weighted by atomic mass is 16.7. The van der Waals surface area contributed by atoms with Gasteiger partial charge >= 0.3 is 0 Å². The van der Waals surface area contributed by atoms with Crippen LogP contribution in [0.15, 0.2) is 18.2 Å². The molecule has 7 rings (SSSR count). The highest BCUT2D eigenvalue weighted by Gasteiger charge is 2.86. The van der Waals surface area contributed by atoms with Gasteiger partial charge in [-0.3, -0.25) is 0 Å². The van der Waals surface area contributed by atoms with Crippen molar-refractivity contribution in [1.82, 2.24) is 4.98 Å². The Kier molecular flexibility index (Phi) is 5.39. The molecule has 2 aliphatic heterocycles. The summed E-state index contributed by atoms with van der Waals surface area (Å²) in [6, 6.07) is 6.10. The van der Waals surface area contributed by atoms with Crippen molar-refractivity contribution < 1.29 is 35.0 Å². The molecule has 0 amide bonds. The standard InChI is InChI=1S/C32H45NO7/c1-27(2,36)20(34)14-16-8-7-9-19-22(16)18-15-17-10-13-31(38)29(5,30(17,6)24(18)33-19)12-11-21-32(31)26(40-32)23(35)25(39-21)28(3,4)37/h7-9,17,20-21,23,25-26,33-38H,10-15H2,1-6H3/t17-,20+,21-,23+,25-,26+,29+,30+,31-,32-/m0/s1. The molecule has 40 heavy (non-hydrogen) atoms. The molecule has 6 N–H and O–H groups in total. The van der Waals surface area contributed by atoms with E-state index in [-0.39, 0.29) is 5.41 Å². The lowest BCUT2D eigenvalue weighted by Gasteiger charge is -2.66. The molecule has 220 valence electrons. The van der Waals surface area contributed by atoms with Gasteiger partial charge in [0.1, 0.15) is 23.9 Å². The first-order chi connectivity index (χ1) is 18.5. The molecular weight excluding hydrogens is 510 g/mol. The fourth-order valence-electron chi connectivity index (χ4n) is 9.79. The van der Waals surface area contributed by atoms with Crippen molar-refractivity contribution in [2.24, 2.45) is 11.3 Å². The van der Waals surface area contributed by atoms with E-state index in [2.05, 4.69) is 24.9 Å². The monoisotopic (exact) mass is 555 g/mol. The van der Waals surface area contributed by atoms with E-state index in [4.69, 9.17) is 9.47 Å². The molecule has 2 aromatic rings. The smallest absolute Gasteiger partial charge is 0.152 e. The first-order valence-electron chi connectivity index (χ1n) is 15.0. The fourth-order valence-corrected chi connectivity index (χ4v) is 9.79. The van der Waals surface area contributed by atoms with Crippen molar-refractivity contribution in [2.45, 2.75) is 138 Å². The maximum absolute atomic E-state index is 12.9. The van der Waals surface area contributed by atoms with Gasteiger partial charge in [0.25, 0.3) is 0 Å². The number of hydrogen-bond acceptors (Lipinski definition) is 7. The van der Waals surface area contributed by atoms with Gasteiger partial charge in [-0.25, -0.2) is 0 Å². The molecule has 8 nitrogen and oxygen atoms in total. The van der Waals surface area contributed by atoms with Crippen LogP contribution >= 0.6 is 0 Å². The van der Waals surface area contributed by atoms with Crippen LogP contribution in [0.25, 0.3) is 10.9 Å². The molecule has 10 atom stereocenters. The number of epoxide rings is 1. The molecule has 0 radical (unpaired) electrons. The average Bonchev–Trinajstić information content (AvgIpc) is 3.43. The van der Waals surface area contributed by atoms with Crippen molar-refractivity contribution in [3.8, 4) is 0 Å². The number of H-pyrrole nitrogens is 1. The predicted molar refractivity (Wildman–Crippen MR) is 149 cm³/mol. The lowest BCUT2D eigenvalue weighted by Crippen LogP contribution is -2.76. The molecule has 0 unspecified atom stereocenters. The summed E-state index contributed by atoms with van der Waals surface area (Å²) in [4.78, 5) is 3.77. The molecule has 2 saturated heterocycles. The Balaban J connectivity index is 1.32. The number of aromatic nitrogens is 1. The zero-order chi connectivity index (χ0) is 28.8. The number of benzene rings is 1.